The van der Waals surface area contributed by atoms with Gasteiger partial charge in [-0.1, -0.05) is 0 Å². The van der Waals surface area contributed by atoms with Gasteiger partial charge in [-0.2, -0.15) is 5.10 Å². The molecule has 0 radical (unpaired) electrons. The van der Waals surface area contributed by atoms with Crippen molar-refractivity contribution in [2.75, 3.05) is 11.1 Å². The number of rotatable bonds is 3. The van der Waals surface area contributed by atoms with E-state index in [9.17, 15) is 0 Å². The largest absolute Gasteiger partial charge is 0.383 e. The molecule has 0 amide bonds. The first-order valence-electron chi connectivity index (χ1n) is 10.4. The minimum absolute atomic E-state index is 0.448. The highest BCUT2D eigenvalue weighted by Crippen LogP contribution is 2.29. The van der Waals surface area contributed by atoms with Gasteiger partial charge in [-0.25, -0.2) is 15.0 Å². The lowest BCUT2D eigenvalue weighted by atomic mass is 10.1. The molecule has 158 valence electrons. The number of aromatic nitrogens is 7. The number of aryl methyl sites for hydroxylation is 3. The lowest BCUT2D eigenvalue weighted by Crippen LogP contribution is -2.06. The third-order valence-corrected chi connectivity index (χ3v) is 5.88. The summed E-state index contributed by atoms with van der Waals surface area (Å²) in [5, 5.41) is 9.83. The van der Waals surface area contributed by atoms with Crippen LogP contribution in [0.4, 0.5) is 17.5 Å². The van der Waals surface area contributed by atoms with Crippen LogP contribution in [0.3, 0.4) is 0 Å². The summed E-state index contributed by atoms with van der Waals surface area (Å²) >= 11 is 0. The number of anilines is 3. The first kappa shape index (κ1) is 18.5. The summed E-state index contributed by atoms with van der Waals surface area (Å²) in [4.78, 5) is 17.8. The average molecular weight is 423 g/mol. The average Bonchev–Trinajstić information content (AvgIpc) is 3.35. The molecule has 0 saturated heterocycles. The second kappa shape index (κ2) is 7.16. The Hall–Kier alpha value is -4.27. The van der Waals surface area contributed by atoms with E-state index in [4.69, 9.17) is 10.8 Å². The van der Waals surface area contributed by atoms with Gasteiger partial charge in [-0.3, -0.25) is 9.67 Å². The number of pyridine rings is 3. The molecule has 5 aromatic rings. The van der Waals surface area contributed by atoms with E-state index in [1.165, 1.54) is 5.69 Å². The Labute approximate surface area is 184 Å². The maximum absolute atomic E-state index is 6.24. The van der Waals surface area contributed by atoms with Crippen LogP contribution >= 0.6 is 0 Å². The molecular weight excluding hydrogens is 402 g/mol. The van der Waals surface area contributed by atoms with Crippen molar-refractivity contribution in [2.45, 2.75) is 26.4 Å². The van der Waals surface area contributed by atoms with Gasteiger partial charge in [-0.15, -0.1) is 0 Å². The summed E-state index contributed by atoms with van der Waals surface area (Å²) < 4.78 is 4.17. The van der Waals surface area contributed by atoms with Gasteiger partial charge >= 0.3 is 0 Å². The van der Waals surface area contributed by atoms with Crippen LogP contribution < -0.4 is 11.1 Å². The minimum atomic E-state index is 0.448. The van der Waals surface area contributed by atoms with Crippen LogP contribution in [-0.2, 0) is 19.5 Å². The number of nitrogens with one attached hydrogen (secondary N) is 1. The smallest absolute Gasteiger partial charge is 0.153 e. The Bertz CT molecular complexity index is 1460. The number of nitrogens with two attached hydrogens (primary N) is 1. The maximum atomic E-state index is 6.24. The summed E-state index contributed by atoms with van der Waals surface area (Å²) in [5.41, 5.74) is 10.3. The van der Waals surface area contributed by atoms with Crippen molar-refractivity contribution in [1.82, 2.24) is 34.3 Å². The highest BCUT2D eigenvalue weighted by atomic mass is 15.3. The minimum Gasteiger partial charge on any atom is -0.383 e. The molecule has 32 heavy (non-hydrogen) atoms. The molecule has 9 nitrogen and oxygen atoms in total. The Morgan fingerprint density at radius 1 is 1.06 bits per heavy atom. The molecule has 0 atom stereocenters. The highest BCUT2D eigenvalue weighted by molar-refractivity contribution is 5.94. The Kier molecular flexibility index (Phi) is 4.14. The van der Waals surface area contributed by atoms with Crippen molar-refractivity contribution in [3.05, 3.63) is 72.3 Å². The maximum Gasteiger partial charge on any atom is 0.153 e. The topological polar surface area (TPSA) is 112 Å². The molecule has 6 rings (SSSR count). The molecule has 0 bridgehead atoms. The second-order valence-electron chi connectivity index (χ2n) is 7.96. The van der Waals surface area contributed by atoms with E-state index in [1.807, 2.05) is 48.4 Å². The van der Waals surface area contributed by atoms with E-state index in [0.717, 1.165) is 52.2 Å². The molecule has 0 unspecified atom stereocenters. The van der Waals surface area contributed by atoms with Gasteiger partial charge in [0.1, 0.15) is 17.5 Å². The third-order valence-electron chi connectivity index (χ3n) is 5.88. The highest BCUT2D eigenvalue weighted by Gasteiger charge is 2.16. The number of nitrogens with zero attached hydrogens (tertiary/aromatic N) is 7. The van der Waals surface area contributed by atoms with E-state index >= 15 is 0 Å². The van der Waals surface area contributed by atoms with Gasteiger partial charge in [0.05, 0.1) is 12.2 Å². The first-order chi connectivity index (χ1) is 15.6. The molecule has 1 aliphatic rings. The molecule has 5 aromatic heterocycles. The number of imidazole rings is 1. The monoisotopic (exact) mass is 423 g/mol. The van der Waals surface area contributed by atoms with Gasteiger partial charge in [0.15, 0.2) is 5.82 Å². The van der Waals surface area contributed by atoms with E-state index in [1.54, 1.807) is 12.4 Å². The van der Waals surface area contributed by atoms with Gasteiger partial charge in [0, 0.05) is 66.7 Å². The number of hydrogen-bond acceptors (Lipinski definition) is 7. The van der Waals surface area contributed by atoms with E-state index in [2.05, 4.69) is 35.9 Å². The van der Waals surface area contributed by atoms with Crippen molar-refractivity contribution in [2.24, 2.45) is 0 Å². The van der Waals surface area contributed by atoms with Crippen LogP contribution in [0.1, 0.15) is 17.1 Å². The lowest BCUT2D eigenvalue weighted by molar-refractivity contribution is 0.641. The number of nitrogen functional groups attached to an aromatic ring is 1. The van der Waals surface area contributed by atoms with Gasteiger partial charge in [0.2, 0.25) is 0 Å². The van der Waals surface area contributed by atoms with Gasteiger partial charge < -0.3 is 15.6 Å². The summed E-state index contributed by atoms with van der Waals surface area (Å²) in [6, 6.07) is 8.03. The van der Waals surface area contributed by atoms with Crippen LogP contribution in [0.2, 0.25) is 0 Å². The molecule has 6 heterocycles. The van der Waals surface area contributed by atoms with Crippen LogP contribution in [-0.4, -0.2) is 34.3 Å². The molecule has 0 aliphatic carbocycles. The quantitative estimate of drug-likeness (QED) is 0.458. The molecule has 9 heteroatoms. The fraction of sp³-hybridized carbons (Fsp3) is 0.174. The molecule has 0 saturated carbocycles. The van der Waals surface area contributed by atoms with Crippen LogP contribution in [0.5, 0.6) is 0 Å². The molecule has 1 aliphatic heterocycles. The predicted octanol–water partition coefficient (Wildman–Crippen LogP) is 3.32. The number of hydrogen-bond donors (Lipinski definition) is 2. The van der Waals surface area contributed by atoms with E-state index < -0.39 is 0 Å². The lowest BCUT2D eigenvalue weighted by Gasteiger charge is -2.10. The fourth-order valence-corrected chi connectivity index (χ4v) is 4.16. The van der Waals surface area contributed by atoms with Crippen molar-refractivity contribution in [1.29, 1.82) is 0 Å². The zero-order chi connectivity index (χ0) is 21.7. The molecule has 3 N–H and O–H groups in total. The van der Waals surface area contributed by atoms with Crippen LogP contribution in [0, 0.1) is 6.92 Å². The predicted molar refractivity (Wildman–Crippen MR) is 122 cm³/mol. The second-order valence-corrected chi connectivity index (χ2v) is 7.96. The zero-order valence-electron chi connectivity index (χ0n) is 17.5. The Balaban J connectivity index is 1.33. The first-order valence-corrected chi connectivity index (χ1v) is 10.4. The van der Waals surface area contributed by atoms with Gasteiger partial charge in [-0.05, 0) is 36.1 Å². The standard InChI is InChI=1S/C23H21N9/c1-14-2-4-25-11-17(14)19-8-15-9-20(27-12-18(15)23(24)28-19)29-21-10-16-3-6-31-7-5-26-22(31)13-32(16)30-21/h2,4-5,7-12H,3,6,13H2,1H3,(H2,24,28)(H,27,29,30). The van der Waals surface area contributed by atoms with Crippen molar-refractivity contribution < 1.29 is 0 Å². The van der Waals surface area contributed by atoms with E-state index in [0.29, 0.717) is 18.2 Å². The third kappa shape index (κ3) is 3.15. The van der Waals surface area contributed by atoms with Crippen LogP contribution in [0.15, 0.2) is 55.2 Å². The molecule has 0 aromatic carbocycles. The van der Waals surface area contributed by atoms with E-state index in [-0.39, 0.29) is 0 Å². The van der Waals surface area contributed by atoms with Crippen molar-refractivity contribution in [3.63, 3.8) is 0 Å². The summed E-state index contributed by atoms with van der Waals surface area (Å²) in [7, 11) is 0. The Morgan fingerprint density at radius 3 is 2.91 bits per heavy atom. The SMILES string of the molecule is Cc1ccncc1-c1cc2cc(Nc3cc4n(n3)Cc3nccn3CC4)ncc2c(N)n1. The molecule has 0 spiro atoms. The number of fused-ring (bicyclic) bond motifs is 3. The zero-order valence-corrected chi connectivity index (χ0v) is 17.5. The molecule has 0 fully saturated rings. The van der Waals surface area contributed by atoms with Crippen molar-refractivity contribution in [3.8, 4) is 11.3 Å². The van der Waals surface area contributed by atoms with Crippen LogP contribution in [0.25, 0.3) is 22.0 Å². The van der Waals surface area contributed by atoms with Crippen molar-refractivity contribution >= 4 is 28.2 Å². The van der Waals surface area contributed by atoms with Gasteiger partial charge in [0.25, 0.3) is 0 Å². The summed E-state index contributed by atoms with van der Waals surface area (Å²) in [6.45, 7) is 3.59. The summed E-state index contributed by atoms with van der Waals surface area (Å²) in [6.07, 6.45) is 10.1. The molecular formula is C23H21N9. The normalized spacial score (nSPS) is 12.9. The summed E-state index contributed by atoms with van der Waals surface area (Å²) in [5.74, 6) is 2.93. The Morgan fingerprint density at radius 2 is 2.00 bits per heavy atom. The fourth-order valence-electron chi connectivity index (χ4n) is 4.16.